The predicted octanol–water partition coefficient (Wildman–Crippen LogP) is 2.78. The topological polar surface area (TPSA) is 37.4 Å². The van der Waals surface area contributed by atoms with Crippen molar-refractivity contribution in [3.8, 4) is 0 Å². The lowest BCUT2D eigenvalue weighted by atomic mass is 9.70. The van der Waals surface area contributed by atoms with Gasteiger partial charge in [-0.25, -0.2) is 0 Å². The molecule has 1 heterocycles. The molecule has 1 aliphatic heterocycles. The third-order valence-corrected chi connectivity index (χ3v) is 5.26. The molecule has 1 fully saturated rings. The average Bonchev–Trinajstić information content (AvgIpc) is 2.59. The summed E-state index contributed by atoms with van der Waals surface area (Å²) in [6, 6.07) is 7.27. The van der Waals surface area contributed by atoms with Gasteiger partial charge in [-0.1, -0.05) is 34.5 Å². The molecule has 0 N–H and O–H groups in total. The fourth-order valence-electron chi connectivity index (χ4n) is 2.75. The minimum Gasteiger partial charge on any atom is -0.304 e. The van der Waals surface area contributed by atoms with Crippen LogP contribution < -0.4 is 4.90 Å². The largest absolute Gasteiger partial charge is 0.304 e. The van der Waals surface area contributed by atoms with Crippen LogP contribution in [-0.2, 0) is 4.79 Å². The van der Waals surface area contributed by atoms with Crippen LogP contribution in [-0.4, -0.2) is 23.6 Å². The number of amides is 1. The van der Waals surface area contributed by atoms with Crippen LogP contribution in [0.2, 0.25) is 0 Å². The van der Waals surface area contributed by atoms with Gasteiger partial charge in [0.05, 0.1) is 11.3 Å². The van der Waals surface area contributed by atoms with Crippen LogP contribution in [0, 0.1) is 5.41 Å². The van der Waals surface area contributed by atoms with E-state index in [0.29, 0.717) is 12.1 Å². The molecule has 94 valence electrons. The van der Waals surface area contributed by atoms with Gasteiger partial charge in [0.15, 0.2) is 0 Å². The summed E-state index contributed by atoms with van der Waals surface area (Å²) < 4.78 is 0. The van der Waals surface area contributed by atoms with E-state index in [2.05, 4.69) is 15.9 Å². The summed E-state index contributed by atoms with van der Waals surface area (Å²) in [6.45, 7) is 0.653. The lowest BCUT2D eigenvalue weighted by Crippen LogP contribution is -2.45. The van der Waals surface area contributed by atoms with Gasteiger partial charge in [0, 0.05) is 11.9 Å². The summed E-state index contributed by atoms with van der Waals surface area (Å²) in [4.78, 5) is 25.6. The van der Waals surface area contributed by atoms with Gasteiger partial charge in [0.25, 0.3) is 11.7 Å². The van der Waals surface area contributed by atoms with E-state index in [4.69, 9.17) is 0 Å². The highest BCUT2D eigenvalue weighted by molar-refractivity contribution is 9.09. The van der Waals surface area contributed by atoms with Gasteiger partial charge in [-0.3, -0.25) is 9.59 Å². The molecule has 0 radical (unpaired) electrons. The van der Waals surface area contributed by atoms with Gasteiger partial charge in [0.1, 0.15) is 0 Å². The van der Waals surface area contributed by atoms with E-state index < -0.39 is 0 Å². The Morgan fingerprint density at radius 3 is 2.56 bits per heavy atom. The number of halogens is 1. The van der Waals surface area contributed by atoms with Crippen molar-refractivity contribution >= 4 is 33.3 Å². The van der Waals surface area contributed by atoms with Gasteiger partial charge < -0.3 is 4.90 Å². The molecule has 2 aliphatic rings. The molecule has 0 atom stereocenters. The lowest BCUT2D eigenvalue weighted by molar-refractivity contribution is -0.114. The van der Waals surface area contributed by atoms with Gasteiger partial charge in [0.2, 0.25) is 0 Å². The van der Waals surface area contributed by atoms with Crippen LogP contribution in [0.4, 0.5) is 5.69 Å². The second kappa shape index (κ2) is 4.19. The summed E-state index contributed by atoms with van der Waals surface area (Å²) in [7, 11) is 0. The van der Waals surface area contributed by atoms with E-state index >= 15 is 0 Å². The zero-order chi connectivity index (χ0) is 12.8. The molecule has 4 heteroatoms. The molecule has 0 aromatic heterocycles. The first-order chi connectivity index (χ1) is 8.67. The summed E-state index contributed by atoms with van der Waals surface area (Å²) in [5, 5.41) is 0.889. The molecule has 1 amide bonds. The Morgan fingerprint density at radius 2 is 1.94 bits per heavy atom. The van der Waals surface area contributed by atoms with Crippen molar-refractivity contribution in [2.24, 2.45) is 5.41 Å². The number of hydrogen-bond acceptors (Lipinski definition) is 2. The molecule has 3 nitrogen and oxygen atoms in total. The highest BCUT2D eigenvalue weighted by Gasteiger charge is 2.43. The summed E-state index contributed by atoms with van der Waals surface area (Å²) in [5.41, 5.74) is 1.49. The zero-order valence-electron chi connectivity index (χ0n) is 9.99. The molecule has 0 saturated heterocycles. The number of para-hydroxylation sites is 1. The molecular weight excluding hydrogens is 294 g/mol. The van der Waals surface area contributed by atoms with Crippen LogP contribution in [0.25, 0.3) is 0 Å². The normalized spacial score (nSPS) is 20.8. The van der Waals surface area contributed by atoms with E-state index in [9.17, 15) is 9.59 Å². The van der Waals surface area contributed by atoms with Crippen LogP contribution >= 0.6 is 15.9 Å². The van der Waals surface area contributed by atoms with Crippen molar-refractivity contribution in [2.45, 2.75) is 19.3 Å². The number of nitrogens with zero attached hydrogens (tertiary/aromatic N) is 1. The van der Waals surface area contributed by atoms with Crippen LogP contribution in [0.5, 0.6) is 0 Å². The third-order valence-electron chi connectivity index (χ3n) is 4.07. The number of rotatable bonds is 3. The van der Waals surface area contributed by atoms with E-state index in [0.717, 1.165) is 23.9 Å². The second-order valence-corrected chi connectivity index (χ2v) is 5.79. The number of Topliss-reactive ketones (excluding diaryl/α,β-unsaturated/α-hetero) is 1. The molecule has 3 rings (SSSR count). The van der Waals surface area contributed by atoms with Crippen molar-refractivity contribution in [2.75, 3.05) is 16.8 Å². The Balaban J connectivity index is 1.93. The van der Waals surface area contributed by atoms with Crippen molar-refractivity contribution in [1.29, 1.82) is 0 Å². The smallest absolute Gasteiger partial charge is 0.299 e. The molecule has 0 spiro atoms. The minimum absolute atomic E-state index is 0.160. The van der Waals surface area contributed by atoms with Gasteiger partial charge in [-0.05, 0) is 30.4 Å². The first kappa shape index (κ1) is 11.9. The highest BCUT2D eigenvalue weighted by Crippen LogP contribution is 2.44. The van der Waals surface area contributed by atoms with E-state index in [-0.39, 0.29) is 17.1 Å². The molecule has 1 aromatic carbocycles. The highest BCUT2D eigenvalue weighted by atomic mass is 79.9. The lowest BCUT2D eigenvalue weighted by Gasteiger charge is -2.43. The number of benzene rings is 1. The molecule has 1 aliphatic carbocycles. The number of anilines is 1. The van der Waals surface area contributed by atoms with Crippen molar-refractivity contribution in [3.63, 3.8) is 0 Å². The summed E-state index contributed by atoms with van der Waals surface area (Å²) in [6.07, 6.45) is 3.46. The summed E-state index contributed by atoms with van der Waals surface area (Å²) in [5.74, 6) is -0.738. The molecule has 0 bridgehead atoms. The Hall–Kier alpha value is -1.16. The average molecular weight is 308 g/mol. The predicted molar refractivity (Wildman–Crippen MR) is 73.2 cm³/mol. The van der Waals surface area contributed by atoms with Crippen LogP contribution in [0.1, 0.15) is 29.6 Å². The van der Waals surface area contributed by atoms with E-state index in [1.54, 1.807) is 17.0 Å². The Labute approximate surface area is 114 Å². The first-order valence-corrected chi connectivity index (χ1v) is 7.30. The Morgan fingerprint density at radius 1 is 1.22 bits per heavy atom. The maximum absolute atomic E-state index is 12.1. The van der Waals surface area contributed by atoms with E-state index in [1.165, 1.54) is 6.42 Å². The molecule has 1 aromatic rings. The fourth-order valence-corrected chi connectivity index (χ4v) is 3.49. The molecule has 18 heavy (non-hydrogen) atoms. The van der Waals surface area contributed by atoms with Crippen molar-refractivity contribution in [1.82, 2.24) is 0 Å². The SMILES string of the molecule is O=C1C(=O)N(CC2(CBr)CCC2)c2ccccc21. The molecule has 1 saturated carbocycles. The van der Waals surface area contributed by atoms with Crippen molar-refractivity contribution < 1.29 is 9.59 Å². The Bertz CT molecular complexity index is 517. The monoisotopic (exact) mass is 307 g/mol. The fraction of sp³-hybridized carbons (Fsp3) is 0.429. The maximum Gasteiger partial charge on any atom is 0.299 e. The van der Waals surface area contributed by atoms with Crippen molar-refractivity contribution in [3.05, 3.63) is 29.8 Å². The van der Waals surface area contributed by atoms with Gasteiger partial charge in [-0.15, -0.1) is 0 Å². The molecule has 0 unspecified atom stereocenters. The summed E-state index contributed by atoms with van der Waals surface area (Å²) >= 11 is 3.54. The third kappa shape index (κ3) is 1.62. The van der Waals surface area contributed by atoms with Gasteiger partial charge in [-0.2, -0.15) is 0 Å². The minimum atomic E-state index is -0.372. The number of ketones is 1. The van der Waals surface area contributed by atoms with Crippen LogP contribution in [0.15, 0.2) is 24.3 Å². The standard InChI is InChI=1S/C14H14BrNO2/c15-8-14(6-3-7-14)9-16-11-5-2-1-4-10(11)12(17)13(16)18/h1-2,4-5H,3,6-9H2. The number of fused-ring (bicyclic) bond motifs is 1. The van der Waals surface area contributed by atoms with Crippen LogP contribution in [0.3, 0.4) is 0 Å². The van der Waals surface area contributed by atoms with Gasteiger partial charge >= 0.3 is 0 Å². The first-order valence-electron chi connectivity index (χ1n) is 6.18. The number of carbonyl (C=O) groups excluding carboxylic acids is 2. The maximum atomic E-state index is 12.1. The molecular formula is C14H14BrNO2. The Kier molecular flexibility index (Phi) is 2.77. The quantitative estimate of drug-likeness (QED) is 0.636. The second-order valence-electron chi connectivity index (χ2n) is 5.22. The zero-order valence-corrected chi connectivity index (χ0v) is 11.6. The van der Waals surface area contributed by atoms with E-state index in [1.807, 2.05) is 12.1 Å². The number of hydrogen-bond donors (Lipinski definition) is 0. The number of carbonyl (C=O) groups is 2. The number of alkyl halides is 1.